The van der Waals surface area contributed by atoms with Crippen LogP contribution in [0.1, 0.15) is 171 Å². The molecule has 0 aliphatic carbocycles. The van der Waals surface area contributed by atoms with E-state index in [0.717, 1.165) is 54.2 Å². The number of phosphoric ester groups is 1. The Balaban J connectivity index is 0.628. The summed E-state index contributed by atoms with van der Waals surface area (Å²) in [5.41, 5.74) is 4.87. The Morgan fingerprint density at radius 1 is 0.647 bits per heavy atom. The molecule has 0 bridgehead atoms. The molecule has 0 saturated carbocycles. The van der Waals surface area contributed by atoms with Crippen LogP contribution in [0.5, 0.6) is 11.6 Å². The standard InChI is InChI=1S/C96H143N14O24PS/c1-63(2)84(91(116)109-59-74(132-135(119,133-95(12,13)14)134-96(15,16)17)56-78(109)89(114)99-65(5)70-24-26-71(27-25-70)86-66(6)98-62-136-86)81-58-83(105-131-81)128-41-38-106-34-30-73(31-35-106)107-36-37-108-77-57-76(75-20-18-19-21-80(75)111)103-104-87(77)110(68(8)79(108)60-107)93(118)129-61-69-22-28-72(29-23-69)101-88(113)67(7)100-90(115)85(64(3)4)102-82(112)32-39-120-42-44-122-46-48-124-50-52-126-54-55-127-53-51-125-49-47-123-45-43-121-40-33-97-92(117)130-94(9,10)11/h18-29,57-58,62-65,67-68,73-74,78-79,84-85,111H,30-56,59-61H2,1-17H3,(H,97,117)(H,99,114)(H,100,115)(H,101,113)(H,102,112)/t65-,67-,68-,74+,78-,79-,84+,85-/m0/s1. The Kier molecular flexibility index (Phi) is 42.0. The summed E-state index contributed by atoms with van der Waals surface area (Å²) in [6.07, 6.45) is -0.289. The fraction of sp³-hybridized carbons (Fsp3) is 0.635. The number of phosphoric acid groups is 1. The van der Waals surface area contributed by atoms with Crippen LogP contribution >= 0.6 is 19.2 Å². The topological polar surface area (TPSA) is 427 Å². The smallest absolute Gasteiger partial charge is 0.476 e. The SMILES string of the molecule is Cc1ncsc1-c1ccc([C@H](C)NC(=O)[C@@H]2C[C@@H](OP(=O)(OC(C)(C)C)OC(C)(C)C)CN2C(=O)[C@@H](c2cc(OCCN3CCC(N4CCN5c6cc(-c7ccccc7O)nnc6N(C(=O)OCc6ccc(NC(=O)[C@H](C)NC(=O)[C@@H](NC(=O)CCOCCOCCOCCOCCOCCOCCOCCOCCNC(=O)OC(C)(C)C)C(C)C)cc6)[C@@H](C)[C@@H]5C4)CC3)no2)C(C)C)cc1. The predicted octanol–water partition coefficient (Wildman–Crippen LogP) is 11.8. The minimum atomic E-state index is -4.29. The number of hydrogen-bond acceptors (Lipinski definition) is 32. The lowest BCUT2D eigenvalue weighted by molar-refractivity contribution is -0.141. The van der Waals surface area contributed by atoms with Crippen molar-refractivity contribution in [3.8, 4) is 33.3 Å². The summed E-state index contributed by atoms with van der Waals surface area (Å²) in [7, 11) is -4.29. The van der Waals surface area contributed by atoms with E-state index in [1.54, 1.807) is 148 Å². The van der Waals surface area contributed by atoms with Crippen molar-refractivity contribution in [2.45, 2.75) is 221 Å². The van der Waals surface area contributed by atoms with Gasteiger partial charge in [0.15, 0.2) is 11.6 Å². The summed E-state index contributed by atoms with van der Waals surface area (Å²) in [6.45, 7) is 41.0. The van der Waals surface area contributed by atoms with Gasteiger partial charge in [-0.15, -0.1) is 21.5 Å². The molecular formula is C96H143N14O24PS. The number of amides is 7. The minimum Gasteiger partial charge on any atom is -0.507 e. The average Bonchev–Trinajstić information content (AvgIpc) is 1.55. The zero-order chi connectivity index (χ0) is 98.3. The number of phenolic OH excluding ortho intramolecular Hbond substituents is 1. The number of para-hydroxylation sites is 1. The van der Waals surface area contributed by atoms with Crippen molar-refractivity contribution in [1.29, 1.82) is 0 Å². The molecule has 0 spiro atoms. The molecule has 0 unspecified atom stereocenters. The van der Waals surface area contributed by atoms with E-state index in [9.17, 15) is 38.4 Å². The van der Waals surface area contributed by atoms with E-state index in [0.29, 0.717) is 146 Å². The Morgan fingerprint density at radius 3 is 1.81 bits per heavy atom. The molecule has 3 aromatic heterocycles. The quantitative estimate of drug-likeness (QED) is 0.0153. The van der Waals surface area contributed by atoms with E-state index >= 15 is 4.79 Å². The number of anilines is 3. The molecule has 752 valence electrons. The fourth-order valence-corrected chi connectivity index (χ4v) is 18.9. The molecule has 3 saturated heterocycles. The van der Waals surface area contributed by atoms with Gasteiger partial charge in [0.25, 0.3) is 5.88 Å². The van der Waals surface area contributed by atoms with Gasteiger partial charge >= 0.3 is 20.0 Å². The number of benzene rings is 3. The second kappa shape index (κ2) is 52.6. The summed E-state index contributed by atoms with van der Waals surface area (Å²) in [5, 5.41) is 38.6. The number of likely N-dealkylation sites (tertiary alicyclic amines) is 2. The second-order valence-electron chi connectivity index (χ2n) is 37.8. The van der Waals surface area contributed by atoms with Crippen LogP contribution in [-0.2, 0) is 96.1 Å². The van der Waals surface area contributed by atoms with Crippen molar-refractivity contribution in [2.24, 2.45) is 11.8 Å². The molecule has 3 aromatic carbocycles. The largest absolute Gasteiger partial charge is 0.507 e. The molecule has 3 fully saturated rings. The maximum atomic E-state index is 15.2. The lowest BCUT2D eigenvalue weighted by Crippen LogP contribution is -2.66. The molecule has 4 aliphatic heterocycles. The maximum Gasteiger partial charge on any atom is 0.476 e. The van der Waals surface area contributed by atoms with Gasteiger partial charge in [0.05, 0.1) is 169 Å². The number of thiazole rings is 1. The Bertz CT molecular complexity index is 4790. The third-order valence-corrected chi connectivity index (χ3v) is 25.9. The molecule has 136 heavy (non-hydrogen) atoms. The van der Waals surface area contributed by atoms with Gasteiger partial charge in [0.1, 0.15) is 48.6 Å². The van der Waals surface area contributed by atoms with E-state index in [2.05, 4.69) is 61.6 Å². The molecule has 6 aromatic rings. The number of rotatable bonds is 52. The summed E-state index contributed by atoms with van der Waals surface area (Å²) in [5.74, 6) is -2.95. The van der Waals surface area contributed by atoms with E-state index < -0.39 is 109 Å². The number of phenols is 1. The van der Waals surface area contributed by atoms with Crippen molar-refractivity contribution >= 4 is 78.1 Å². The number of aromatic nitrogens is 4. The second-order valence-corrected chi connectivity index (χ2v) is 40.1. The monoisotopic (exact) mass is 1940 g/mol. The van der Waals surface area contributed by atoms with Gasteiger partial charge in [-0.2, -0.15) is 0 Å². The highest BCUT2D eigenvalue weighted by Gasteiger charge is 2.50. The number of aromatic hydroxyl groups is 1. The number of fused-ring (bicyclic) bond motifs is 3. The van der Waals surface area contributed by atoms with E-state index in [-0.39, 0.29) is 93.7 Å². The first-order valence-corrected chi connectivity index (χ1v) is 49.5. The number of nitrogens with one attached hydrogen (secondary N) is 5. The summed E-state index contributed by atoms with van der Waals surface area (Å²) < 4.78 is 101. The van der Waals surface area contributed by atoms with Crippen LogP contribution in [0.15, 0.2) is 95.0 Å². The fourth-order valence-electron chi connectivity index (χ4n) is 16.1. The lowest BCUT2D eigenvalue weighted by Gasteiger charge is -2.53. The highest BCUT2D eigenvalue weighted by molar-refractivity contribution is 7.48. The first-order chi connectivity index (χ1) is 64.8. The van der Waals surface area contributed by atoms with Gasteiger partial charge in [-0.1, -0.05) is 76.2 Å². The van der Waals surface area contributed by atoms with E-state index in [1.165, 1.54) is 4.90 Å². The number of piperidine rings is 1. The minimum absolute atomic E-state index is 0.00196. The third-order valence-electron chi connectivity index (χ3n) is 22.8. The normalized spacial score (nSPS) is 17.8. The van der Waals surface area contributed by atoms with Gasteiger partial charge in [-0.3, -0.25) is 52.2 Å². The average molecular weight is 1940 g/mol. The number of ether oxygens (including phenoxy) is 11. The third kappa shape index (κ3) is 34.3. The van der Waals surface area contributed by atoms with E-state index in [4.69, 9.17) is 70.2 Å². The van der Waals surface area contributed by atoms with Crippen molar-refractivity contribution in [1.82, 2.24) is 56.3 Å². The molecule has 8 atom stereocenters. The molecule has 0 radical (unpaired) electrons. The van der Waals surface area contributed by atoms with Gasteiger partial charge in [0.2, 0.25) is 29.5 Å². The number of carbonyl (C=O) groups excluding carboxylic acids is 7. The first kappa shape index (κ1) is 109. The maximum absolute atomic E-state index is 15.2. The van der Waals surface area contributed by atoms with Gasteiger partial charge in [0, 0.05) is 75.5 Å². The summed E-state index contributed by atoms with van der Waals surface area (Å²) >= 11 is 1.56. The lowest BCUT2D eigenvalue weighted by atomic mass is 9.91. The van der Waals surface area contributed by atoms with Gasteiger partial charge in [-0.05, 0) is 180 Å². The molecule has 7 amide bonds. The Morgan fingerprint density at radius 2 is 1.24 bits per heavy atom. The first-order valence-electron chi connectivity index (χ1n) is 47.1. The van der Waals surface area contributed by atoms with E-state index in [1.807, 2.05) is 76.5 Å². The van der Waals surface area contributed by atoms with Crippen molar-refractivity contribution in [2.75, 3.05) is 180 Å². The molecule has 38 nitrogen and oxygen atoms in total. The number of carbonyl (C=O) groups is 7. The van der Waals surface area contributed by atoms with Crippen LogP contribution in [0.3, 0.4) is 0 Å². The van der Waals surface area contributed by atoms with Crippen molar-refractivity contribution < 1.29 is 113 Å². The summed E-state index contributed by atoms with van der Waals surface area (Å²) in [6, 6.07) is 21.3. The highest BCUT2D eigenvalue weighted by atomic mass is 32.1. The Hall–Kier alpha value is -9.42. The van der Waals surface area contributed by atoms with Crippen LogP contribution in [-0.4, -0.2) is 306 Å². The molecular weight excluding hydrogens is 1800 g/mol. The summed E-state index contributed by atoms with van der Waals surface area (Å²) in [4.78, 5) is 112. The van der Waals surface area contributed by atoms with Crippen molar-refractivity contribution in [3.05, 3.63) is 113 Å². The molecule has 4 aliphatic rings. The molecule has 10 rings (SSSR count). The number of alkyl carbamates (subject to hydrolysis) is 1. The van der Waals surface area contributed by atoms with Crippen LogP contribution < -0.4 is 41.1 Å². The molecule has 6 N–H and O–H groups in total. The zero-order valence-electron chi connectivity index (χ0n) is 81.9. The Labute approximate surface area is 802 Å². The number of nitrogens with zero attached hydrogens (tertiary/aromatic N) is 9. The van der Waals surface area contributed by atoms with Crippen LogP contribution in [0.2, 0.25) is 0 Å². The van der Waals surface area contributed by atoms with Crippen LogP contribution in [0.4, 0.5) is 26.8 Å². The number of aryl methyl sites for hydroxylation is 1. The molecule has 40 heteroatoms. The predicted molar refractivity (Wildman–Crippen MR) is 511 cm³/mol. The highest BCUT2D eigenvalue weighted by Crippen LogP contribution is 2.57. The number of piperazine rings is 1. The van der Waals surface area contributed by atoms with Crippen LogP contribution in [0.25, 0.3) is 21.7 Å². The zero-order valence-corrected chi connectivity index (χ0v) is 83.7. The van der Waals surface area contributed by atoms with Crippen molar-refractivity contribution in [3.63, 3.8) is 0 Å². The van der Waals surface area contributed by atoms with Gasteiger partial charge in [-0.25, -0.2) is 19.1 Å². The number of hydrogen-bond donors (Lipinski definition) is 6. The van der Waals surface area contributed by atoms with Gasteiger partial charge < -0.3 is 98.1 Å². The van der Waals surface area contributed by atoms with Crippen LogP contribution in [0, 0.1) is 18.8 Å². The molecule has 7 heterocycles.